The van der Waals surface area contributed by atoms with Crippen LogP contribution in [0.15, 0.2) is 43.0 Å². The van der Waals surface area contributed by atoms with E-state index in [1.165, 1.54) is 6.20 Å². The summed E-state index contributed by atoms with van der Waals surface area (Å²) in [6.07, 6.45) is 6.85. The molecule has 3 rings (SSSR count). The molecule has 0 aliphatic carbocycles. The zero-order valence-corrected chi connectivity index (χ0v) is 15.3. The lowest BCUT2D eigenvalue weighted by molar-refractivity contribution is -0.116. The minimum atomic E-state index is -0.124. The lowest BCUT2D eigenvalue weighted by atomic mass is 10.2. The summed E-state index contributed by atoms with van der Waals surface area (Å²) in [5.74, 6) is -0.124. The second kappa shape index (κ2) is 7.91. The normalized spacial score (nSPS) is 10.8. The standard InChI is InChI=1S/C16H14Cl3N5O/c17-12-6-20-23(9-12)4-3-16(25)22-13-7-21-24(10-13)8-11-1-2-14(18)15(19)5-11/h1-2,5-7,9-10H,3-4,8H2,(H,22,25). The first kappa shape index (κ1) is 17.8. The molecule has 0 radical (unpaired) electrons. The van der Waals surface area contributed by atoms with Gasteiger partial charge in [0, 0.05) is 25.4 Å². The number of halogens is 3. The van der Waals surface area contributed by atoms with Gasteiger partial charge in [0.15, 0.2) is 0 Å². The predicted molar refractivity (Wildman–Crippen MR) is 98.3 cm³/mol. The molecule has 2 heterocycles. The van der Waals surface area contributed by atoms with Crippen LogP contribution < -0.4 is 5.32 Å². The van der Waals surface area contributed by atoms with Crippen molar-refractivity contribution in [1.29, 1.82) is 0 Å². The Balaban J connectivity index is 1.53. The van der Waals surface area contributed by atoms with E-state index in [-0.39, 0.29) is 12.3 Å². The Morgan fingerprint density at radius 1 is 1.04 bits per heavy atom. The molecule has 0 saturated carbocycles. The zero-order chi connectivity index (χ0) is 17.8. The lowest BCUT2D eigenvalue weighted by Gasteiger charge is -2.04. The van der Waals surface area contributed by atoms with Gasteiger partial charge < -0.3 is 5.32 Å². The summed E-state index contributed by atoms with van der Waals surface area (Å²) in [6.45, 7) is 0.981. The monoisotopic (exact) mass is 397 g/mol. The molecule has 1 N–H and O–H groups in total. The molecule has 0 atom stereocenters. The van der Waals surface area contributed by atoms with Gasteiger partial charge in [-0.05, 0) is 17.7 Å². The fraction of sp³-hybridized carbons (Fsp3) is 0.188. The van der Waals surface area contributed by atoms with Crippen LogP contribution in [-0.2, 0) is 17.9 Å². The smallest absolute Gasteiger partial charge is 0.226 e. The van der Waals surface area contributed by atoms with Gasteiger partial charge in [0.2, 0.25) is 5.91 Å². The van der Waals surface area contributed by atoms with Crippen LogP contribution in [0.25, 0.3) is 0 Å². The summed E-state index contributed by atoms with van der Waals surface area (Å²) >= 11 is 17.7. The highest BCUT2D eigenvalue weighted by Gasteiger charge is 2.07. The van der Waals surface area contributed by atoms with Crippen molar-refractivity contribution >= 4 is 46.4 Å². The molecule has 2 aromatic heterocycles. The molecule has 0 bridgehead atoms. The average Bonchev–Trinajstić information content (AvgIpc) is 3.18. The Hall–Kier alpha value is -2.02. The number of carbonyl (C=O) groups excluding carboxylic acids is 1. The summed E-state index contributed by atoms with van der Waals surface area (Å²) < 4.78 is 3.33. The fourth-order valence-electron chi connectivity index (χ4n) is 2.24. The van der Waals surface area contributed by atoms with Gasteiger partial charge in [-0.25, -0.2) is 0 Å². The van der Waals surface area contributed by atoms with Crippen molar-refractivity contribution in [2.45, 2.75) is 19.5 Å². The van der Waals surface area contributed by atoms with Crippen molar-refractivity contribution in [3.63, 3.8) is 0 Å². The largest absolute Gasteiger partial charge is 0.323 e. The summed E-state index contributed by atoms with van der Waals surface area (Å²) in [6, 6.07) is 5.41. The maximum absolute atomic E-state index is 12.0. The van der Waals surface area contributed by atoms with E-state index in [2.05, 4.69) is 15.5 Å². The van der Waals surface area contributed by atoms with Crippen LogP contribution in [0, 0.1) is 0 Å². The third-order valence-corrected chi connectivity index (χ3v) is 4.35. The van der Waals surface area contributed by atoms with Crippen LogP contribution >= 0.6 is 34.8 Å². The number of carbonyl (C=O) groups is 1. The van der Waals surface area contributed by atoms with Gasteiger partial charge >= 0.3 is 0 Å². The summed E-state index contributed by atoms with van der Waals surface area (Å²) in [5, 5.41) is 12.6. The summed E-state index contributed by atoms with van der Waals surface area (Å²) in [5.41, 5.74) is 1.59. The van der Waals surface area contributed by atoms with Gasteiger partial charge in [-0.3, -0.25) is 14.2 Å². The molecule has 9 heteroatoms. The van der Waals surface area contributed by atoms with Crippen molar-refractivity contribution in [2.75, 3.05) is 5.32 Å². The second-order valence-corrected chi connectivity index (χ2v) is 6.65. The molecule has 0 aliphatic heterocycles. The molecule has 6 nitrogen and oxygen atoms in total. The molecule has 130 valence electrons. The van der Waals surface area contributed by atoms with E-state index in [0.717, 1.165) is 5.56 Å². The molecule has 0 fully saturated rings. The maximum Gasteiger partial charge on any atom is 0.226 e. The summed E-state index contributed by atoms with van der Waals surface area (Å²) in [7, 11) is 0. The molecule has 25 heavy (non-hydrogen) atoms. The highest BCUT2D eigenvalue weighted by molar-refractivity contribution is 6.42. The number of aromatic nitrogens is 4. The van der Waals surface area contributed by atoms with Gasteiger partial charge in [-0.1, -0.05) is 40.9 Å². The van der Waals surface area contributed by atoms with E-state index in [9.17, 15) is 4.79 Å². The Kier molecular flexibility index (Phi) is 5.63. The molecule has 0 unspecified atom stereocenters. The third-order valence-electron chi connectivity index (χ3n) is 3.42. The summed E-state index contributed by atoms with van der Waals surface area (Å²) in [4.78, 5) is 12.0. The molecule has 0 saturated heterocycles. The number of nitrogens with zero attached hydrogens (tertiary/aromatic N) is 4. The van der Waals surface area contributed by atoms with Gasteiger partial charge in [0.05, 0.1) is 39.7 Å². The van der Waals surface area contributed by atoms with E-state index >= 15 is 0 Å². The Bertz CT molecular complexity index is 890. The zero-order valence-electron chi connectivity index (χ0n) is 13.0. The van der Waals surface area contributed by atoms with Crippen molar-refractivity contribution in [3.05, 3.63) is 63.6 Å². The number of aryl methyl sites for hydroxylation is 1. The van der Waals surface area contributed by atoms with Crippen molar-refractivity contribution in [3.8, 4) is 0 Å². The van der Waals surface area contributed by atoms with Crippen LogP contribution in [0.4, 0.5) is 5.69 Å². The average molecular weight is 399 g/mol. The molecule has 1 aromatic carbocycles. The topological polar surface area (TPSA) is 64.7 Å². The van der Waals surface area contributed by atoms with Crippen LogP contribution in [0.1, 0.15) is 12.0 Å². The van der Waals surface area contributed by atoms with Crippen molar-refractivity contribution < 1.29 is 4.79 Å². The van der Waals surface area contributed by atoms with E-state index in [4.69, 9.17) is 34.8 Å². The Morgan fingerprint density at radius 3 is 2.56 bits per heavy atom. The van der Waals surface area contributed by atoms with Crippen LogP contribution in [0.5, 0.6) is 0 Å². The highest BCUT2D eigenvalue weighted by atomic mass is 35.5. The fourth-order valence-corrected chi connectivity index (χ4v) is 2.72. The molecular formula is C16H14Cl3N5O. The number of hydrogen-bond acceptors (Lipinski definition) is 3. The molecular weight excluding hydrogens is 385 g/mol. The first-order valence-electron chi connectivity index (χ1n) is 7.44. The molecule has 1 amide bonds. The van der Waals surface area contributed by atoms with Crippen LogP contribution in [0.3, 0.4) is 0 Å². The van der Waals surface area contributed by atoms with E-state index in [1.54, 1.807) is 40.1 Å². The number of hydrogen-bond donors (Lipinski definition) is 1. The van der Waals surface area contributed by atoms with E-state index in [0.29, 0.717) is 33.8 Å². The van der Waals surface area contributed by atoms with Gasteiger partial charge in [0.25, 0.3) is 0 Å². The Labute approximate surface area is 159 Å². The Morgan fingerprint density at radius 2 is 1.84 bits per heavy atom. The van der Waals surface area contributed by atoms with E-state index < -0.39 is 0 Å². The lowest BCUT2D eigenvalue weighted by Crippen LogP contribution is -2.14. The first-order chi connectivity index (χ1) is 12.0. The number of nitrogens with one attached hydrogen (secondary N) is 1. The predicted octanol–water partition coefficient (Wildman–Crippen LogP) is 4.12. The van der Waals surface area contributed by atoms with Gasteiger partial charge in [0.1, 0.15) is 0 Å². The van der Waals surface area contributed by atoms with Crippen LogP contribution in [0.2, 0.25) is 15.1 Å². The van der Waals surface area contributed by atoms with Crippen molar-refractivity contribution in [1.82, 2.24) is 19.6 Å². The minimum Gasteiger partial charge on any atom is -0.323 e. The number of amides is 1. The highest BCUT2D eigenvalue weighted by Crippen LogP contribution is 2.23. The van der Waals surface area contributed by atoms with Gasteiger partial charge in [-0.2, -0.15) is 10.2 Å². The quantitative estimate of drug-likeness (QED) is 0.679. The number of anilines is 1. The molecule has 0 spiro atoms. The third kappa shape index (κ3) is 4.98. The van der Waals surface area contributed by atoms with E-state index in [1.807, 2.05) is 6.07 Å². The number of rotatable bonds is 6. The minimum absolute atomic E-state index is 0.124. The SMILES string of the molecule is O=C(CCn1cc(Cl)cn1)Nc1cnn(Cc2ccc(Cl)c(Cl)c2)c1. The first-order valence-corrected chi connectivity index (χ1v) is 8.57. The van der Waals surface area contributed by atoms with Crippen LogP contribution in [-0.4, -0.2) is 25.5 Å². The second-order valence-electron chi connectivity index (χ2n) is 5.39. The molecule has 3 aromatic rings. The van der Waals surface area contributed by atoms with Gasteiger partial charge in [-0.15, -0.1) is 0 Å². The maximum atomic E-state index is 12.0. The molecule has 0 aliphatic rings. The van der Waals surface area contributed by atoms with Crippen molar-refractivity contribution in [2.24, 2.45) is 0 Å². The number of benzene rings is 1.